The van der Waals surface area contributed by atoms with Crippen molar-refractivity contribution in [2.45, 2.75) is 19.5 Å². The van der Waals surface area contributed by atoms with Gasteiger partial charge >= 0.3 is 6.61 Å². The summed E-state index contributed by atoms with van der Waals surface area (Å²) in [5, 5.41) is 12.0. The minimum absolute atomic E-state index is 0.0779. The SMILES string of the molecule is O=C(CCc1ccccc1O)Nc1ccc(OC(F)F)c(F)c1. The molecule has 4 nitrogen and oxygen atoms in total. The molecule has 0 aliphatic carbocycles. The number of aromatic hydroxyl groups is 1. The lowest BCUT2D eigenvalue weighted by atomic mass is 10.1. The predicted octanol–water partition coefficient (Wildman–Crippen LogP) is 3.70. The third-order valence-electron chi connectivity index (χ3n) is 3.04. The smallest absolute Gasteiger partial charge is 0.387 e. The van der Waals surface area contributed by atoms with Crippen molar-refractivity contribution in [1.82, 2.24) is 0 Å². The molecular formula is C16H14F3NO3. The summed E-state index contributed by atoms with van der Waals surface area (Å²) in [5.74, 6) is -1.88. The van der Waals surface area contributed by atoms with Gasteiger partial charge in [0.25, 0.3) is 0 Å². The molecule has 122 valence electrons. The molecule has 0 fully saturated rings. The molecule has 0 heterocycles. The van der Waals surface area contributed by atoms with Crippen LogP contribution in [0.15, 0.2) is 42.5 Å². The number of rotatable bonds is 6. The lowest BCUT2D eigenvalue weighted by Gasteiger charge is -2.09. The Morgan fingerprint density at radius 3 is 2.61 bits per heavy atom. The topological polar surface area (TPSA) is 58.6 Å². The van der Waals surface area contributed by atoms with Crippen molar-refractivity contribution in [3.63, 3.8) is 0 Å². The van der Waals surface area contributed by atoms with E-state index < -0.39 is 24.1 Å². The van der Waals surface area contributed by atoms with Crippen LogP contribution < -0.4 is 10.1 Å². The Morgan fingerprint density at radius 2 is 1.96 bits per heavy atom. The molecule has 7 heteroatoms. The fourth-order valence-corrected chi connectivity index (χ4v) is 1.96. The first-order valence-corrected chi connectivity index (χ1v) is 6.77. The van der Waals surface area contributed by atoms with Crippen LogP contribution in [0.5, 0.6) is 11.5 Å². The first-order valence-electron chi connectivity index (χ1n) is 6.77. The van der Waals surface area contributed by atoms with E-state index in [1.807, 2.05) is 0 Å². The monoisotopic (exact) mass is 325 g/mol. The quantitative estimate of drug-likeness (QED) is 0.851. The summed E-state index contributed by atoms with van der Waals surface area (Å²) < 4.78 is 41.5. The van der Waals surface area contributed by atoms with Crippen LogP contribution in [-0.4, -0.2) is 17.6 Å². The highest BCUT2D eigenvalue weighted by atomic mass is 19.3. The van der Waals surface area contributed by atoms with E-state index in [0.717, 1.165) is 12.1 Å². The maximum atomic E-state index is 13.5. The molecule has 0 unspecified atom stereocenters. The average molecular weight is 325 g/mol. The molecule has 0 bridgehead atoms. The summed E-state index contributed by atoms with van der Waals surface area (Å²) in [7, 11) is 0. The number of hydrogen-bond donors (Lipinski definition) is 2. The number of nitrogens with one attached hydrogen (secondary N) is 1. The van der Waals surface area contributed by atoms with Crippen LogP contribution in [0, 0.1) is 5.82 Å². The van der Waals surface area contributed by atoms with E-state index in [9.17, 15) is 23.1 Å². The number of para-hydroxylation sites is 1. The highest BCUT2D eigenvalue weighted by Crippen LogP contribution is 2.23. The Balaban J connectivity index is 1.93. The summed E-state index contributed by atoms with van der Waals surface area (Å²) >= 11 is 0. The van der Waals surface area contributed by atoms with Gasteiger partial charge in [-0.05, 0) is 30.2 Å². The first-order chi connectivity index (χ1) is 11.0. The third kappa shape index (κ3) is 4.91. The second-order valence-corrected chi connectivity index (χ2v) is 4.70. The van der Waals surface area contributed by atoms with E-state index in [4.69, 9.17) is 0 Å². The molecule has 2 aromatic carbocycles. The second kappa shape index (κ2) is 7.53. The van der Waals surface area contributed by atoms with E-state index in [1.165, 1.54) is 12.1 Å². The van der Waals surface area contributed by atoms with Crippen LogP contribution in [0.25, 0.3) is 0 Å². The zero-order chi connectivity index (χ0) is 16.8. The first kappa shape index (κ1) is 16.7. The van der Waals surface area contributed by atoms with Gasteiger partial charge in [0.05, 0.1) is 0 Å². The molecule has 0 atom stereocenters. The lowest BCUT2D eigenvalue weighted by Crippen LogP contribution is -2.13. The van der Waals surface area contributed by atoms with Gasteiger partial charge in [-0.15, -0.1) is 0 Å². The van der Waals surface area contributed by atoms with E-state index in [-0.39, 0.29) is 17.9 Å². The van der Waals surface area contributed by atoms with Gasteiger partial charge in [-0.1, -0.05) is 18.2 Å². The van der Waals surface area contributed by atoms with Crippen molar-refractivity contribution >= 4 is 11.6 Å². The van der Waals surface area contributed by atoms with Gasteiger partial charge in [0.15, 0.2) is 11.6 Å². The predicted molar refractivity (Wildman–Crippen MR) is 78.1 cm³/mol. The molecule has 0 aromatic heterocycles. The molecule has 0 aliphatic heterocycles. The van der Waals surface area contributed by atoms with Crippen LogP contribution in [-0.2, 0) is 11.2 Å². The van der Waals surface area contributed by atoms with Gasteiger partial charge in [-0.25, -0.2) is 4.39 Å². The van der Waals surface area contributed by atoms with Gasteiger partial charge < -0.3 is 15.2 Å². The number of phenols is 1. The zero-order valence-electron chi connectivity index (χ0n) is 11.9. The Bertz CT molecular complexity index is 692. The summed E-state index contributed by atoms with van der Waals surface area (Å²) in [6.45, 7) is -3.12. The fraction of sp³-hybridized carbons (Fsp3) is 0.188. The molecule has 2 N–H and O–H groups in total. The summed E-state index contributed by atoms with van der Waals surface area (Å²) in [5.41, 5.74) is 0.751. The number of aryl methyl sites for hydroxylation is 1. The molecule has 1 amide bonds. The van der Waals surface area contributed by atoms with E-state index >= 15 is 0 Å². The van der Waals surface area contributed by atoms with E-state index in [2.05, 4.69) is 10.1 Å². The summed E-state index contributed by atoms with van der Waals surface area (Å²) in [4.78, 5) is 11.8. The molecule has 0 radical (unpaired) electrons. The highest BCUT2D eigenvalue weighted by molar-refractivity contribution is 5.90. The summed E-state index contributed by atoms with van der Waals surface area (Å²) in [6, 6.07) is 9.80. The van der Waals surface area contributed by atoms with Crippen LogP contribution in [0.1, 0.15) is 12.0 Å². The number of halogens is 3. The molecule has 0 spiro atoms. The molecule has 0 aliphatic rings. The standard InChI is InChI=1S/C16H14F3NO3/c17-12-9-11(6-7-14(12)23-16(18)19)20-15(22)8-5-10-3-1-2-4-13(10)21/h1-4,6-7,9,16,21H,5,8H2,(H,20,22). The van der Waals surface area contributed by atoms with Gasteiger partial charge in [0.2, 0.25) is 5.91 Å². The number of hydrogen-bond acceptors (Lipinski definition) is 3. The second-order valence-electron chi connectivity index (χ2n) is 4.70. The van der Waals surface area contributed by atoms with Crippen LogP contribution in [0.2, 0.25) is 0 Å². The molecule has 0 saturated carbocycles. The molecule has 2 aromatic rings. The van der Waals surface area contributed by atoms with Crippen molar-refractivity contribution in [3.05, 3.63) is 53.8 Å². The minimum atomic E-state index is -3.12. The number of amides is 1. The average Bonchev–Trinajstić information content (AvgIpc) is 2.49. The normalized spacial score (nSPS) is 10.6. The van der Waals surface area contributed by atoms with Gasteiger partial charge in [0.1, 0.15) is 5.75 Å². The lowest BCUT2D eigenvalue weighted by molar-refractivity contribution is -0.116. The van der Waals surface area contributed by atoms with Crippen molar-refractivity contribution in [2.24, 2.45) is 0 Å². The van der Waals surface area contributed by atoms with Crippen LogP contribution in [0.3, 0.4) is 0 Å². The molecular weight excluding hydrogens is 311 g/mol. The van der Waals surface area contributed by atoms with Crippen LogP contribution in [0.4, 0.5) is 18.9 Å². The molecule has 23 heavy (non-hydrogen) atoms. The number of benzene rings is 2. The largest absolute Gasteiger partial charge is 0.508 e. The summed E-state index contributed by atoms with van der Waals surface area (Å²) in [6.07, 6.45) is 0.391. The maximum absolute atomic E-state index is 13.5. The fourth-order valence-electron chi connectivity index (χ4n) is 1.96. The Kier molecular flexibility index (Phi) is 5.46. The molecule has 0 saturated heterocycles. The van der Waals surface area contributed by atoms with Crippen molar-refractivity contribution in [3.8, 4) is 11.5 Å². The van der Waals surface area contributed by atoms with Gasteiger partial charge in [-0.2, -0.15) is 8.78 Å². The minimum Gasteiger partial charge on any atom is -0.508 e. The van der Waals surface area contributed by atoms with E-state index in [1.54, 1.807) is 18.2 Å². The maximum Gasteiger partial charge on any atom is 0.387 e. The van der Waals surface area contributed by atoms with E-state index in [0.29, 0.717) is 12.0 Å². The molecule has 2 rings (SSSR count). The highest BCUT2D eigenvalue weighted by Gasteiger charge is 2.12. The third-order valence-corrected chi connectivity index (χ3v) is 3.04. The number of alkyl halides is 2. The zero-order valence-corrected chi connectivity index (χ0v) is 11.9. The van der Waals surface area contributed by atoms with Gasteiger partial charge in [-0.3, -0.25) is 4.79 Å². The Morgan fingerprint density at radius 1 is 1.22 bits per heavy atom. The van der Waals surface area contributed by atoms with Crippen molar-refractivity contribution in [1.29, 1.82) is 0 Å². The van der Waals surface area contributed by atoms with Crippen molar-refractivity contribution in [2.75, 3.05) is 5.32 Å². The number of ether oxygens (including phenoxy) is 1. The Hall–Kier alpha value is -2.70. The van der Waals surface area contributed by atoms with Gasteiger partial charge in [0, 0.05) is 18.2 Å². The van der Waals surface area contributed by atoms with Crippen LogP contribution >= 0.6 is 0 Å². The number of carbonyl (C=O) groups is 1. The number of carbonyl (C=O) groups excluding carboxylic acids is 1. The Labute approximate surface area is 130 Å². The van der Waals surface area contributed by atoms with Crippen molar-refractivity contribution < 1.29 is 27.8 Å². The number of anilines is 1. The number of phenolic OH excluding ortho intramolecular Hbond substituents is 1.